The standard InChI is InChI=1S/C13H15F3N4/c14-13(15,16)12-5-2-1-4-11(12)10-17-6-3-8-20-9-7-18-19-20/h1-2,4-5,7,9,17H,3,6,8,10H2. The molecular formula is C13H15F3N4. The second-order valence-electron chi connectivity index (χ2n) is 4.35. The number of alkyl halides is 3. The molecule has 2 aromatic rings. The van der Waals surface area contributed by atoms with Gasteiger partial charge in [0.1, 0.15) is 0 Å². The summed E-state index contributed by atoms with van der Waals surface area (Å²) in [5.41, 5.74) is -0.315. The second kappa shape index (κ2) is 6.51. The van der Waals surface area contributed by atoms with E-state index in [1.54, 1.807) is 23.1 Å². The van der Waals surface area contributed by atoms with Gasteiger partial charge in [0, 0.05) is 19.3 Å². The first-order valence-corrected chi connectivity index (χ1v) is 6.27. The van der Waals surface area contributed by atoms with Crippen LogP contribution in [0.5, 0.6) is 0 Å². The third kappa shape index (κ3) is 4.06. The molecule has 0 radical (unpaired) electrons. The van der Waals surface area contributed by atoms with Crippen LogP contribution < -0.4 is 5.32 Å². The molecule has 0 unspecified atom stereocenters. The summed E-state index contributed by atoms with van der Waals surface area (Å²) in [7, 11) is 0. The Morgan fingerprint density at radius 1 is 1.20 bits per heavy atom. The Labute approximate surface area is 114 Å². The molecule has 20 heavy (non-hydrogen) atoms. The maximum absolute atomic E-state index is 12.8. The van der Waals surface area contributed by atoms with Gasteiger partial charge in [-0.05, 0) is 24.6 Å². The number of aromatic nitrogens is 3. The Morgan fingerprint density at radius 3 is 2.70 bits per heavy atom. The summed E-state index contributed by atoms with van der Waals surface area (Å²) < 4.78 is 40.0. The van der Waals surface area contributed by atoms with Gasteiger partial charge in [0.05, 0.1) is 11.8 Å². The van der Waals surface area contributed by atoms with Gasteiger partial charge in [0.25, 0.3) is 0 Å². The van der Waals surface area contributed by atoms with E-state index in [0.717, 1.165) is 12.5 Å². The van der Waals surface area contributed by atoms with E-state index in [0.29, 0.717) is 13.1 Å². The van der Waals surface area contributed by atoms with Crippen LogP contribution in [-0.4, -0.2) is 21.5 Å². The lowest BCUT2D eigenvalue weighted by Crippen LogP contribution is -2.19. The van der Waals surface area contributed by atoms with E-state index in [4.69, 9.17) is 0 Å². The van der Waals surface area contributed by atoms with E-state index < -0.39 is 11.7 Å². The number of nitrogens with one attached hydrogen (secondary N) is 1. The summed E-state index contributed by atoms with van der Waals surface area (Å²) in [6.07, 6.45) is -0.192. The zero-order chi connectivity index (χ0) is 14.4. The highest BCUT2D eigenvalue weighted by Gasteiger charge is 2.32. The van der Waals surface area contributed by atoms with Gasteiger partial charge in [-0.3, -0.25) is 4.68 Å². The van der Waals surface area contributed by atoms with Gasteiger partial charge in [-0.15, -0.1) is 5.10 Å². The molecule has 0 aliphatic rings. The average molecular weight is 284 g/mol. The van der Waals surface area contributed by atoms with Crippen molar-refractivity contribution in [3.05, 3.63) is 47.8 Å². The fourth-order valence-corrected chi connectivity index (χ4v) is 1.89. The van der Waals surface area contributed by atoms with Gasteiger partial charge in [0.2, 0.25) is 0 Å². The van der Waals surface area contributed by atoms with Crippen LogP contribution >= 0.6 is 0 Å². The van der Waals surface area contributed by atoms with E-state index in [2.05, 4.69) is 15.6 Å². The third-order valence-corrected chi connectivity index (χ3v) is 2.85. The van der Waals surface area contributed by atoms with Gasteiger partial charge in [0.15, 0.2) is 0 Å². The molecule has 0 saturated carbocycles. The minimum absolute atomic E-state index is 0.201. The largest absolute Gasteiger partial charge is 0.416 e. The molecule has 0 spiro atoms. The quantitative estimate of drug-likeness (QED) is 0.829. The predicted octanol–water partition coefficient (Wildman–Crippen LogP) is 2.48. The Kier molecular flexibility index (Phi) is 4.73. The normalized spacial score (nSPS) is 11.8. The number of nitrogens with zero attached hydrogens (tertiary/aromatic N) is 3. The molecule has 0 bridgehead atoms. The van der Waals surface area contributed by atoms with Crippen molar-refractivity contribution in [2.75, 3.05) is 6.54 Å². The van der Waals surface area contributed by atoms with Crippen molar-refractivity contribution in [3.8, 4) is 0 Å². The van der Waals surface area contributed by atoms with Crippen molar-refractivity contribution in [1.29, 1.82) is 0 Å². The monoisotopic (exact) mass is 284 g/mol. The first-order chi connectivity index (χ1) is 9.57. The van der Waals surface area contributed by atoms with Crippen LogP contribution in [0.2, 0.25) is 0 Å². The van der Waals surface area contributed by atoms with Crippen LogP contribution in [0.15, 0.2) is 36.7 Å². The van der Waals surface area contributed by atoms with Crippen molar-refractivity contribution < 1.29 is 13.2 Å². The number of hydrogen-bond acceptors (Lipinski definition) is 3. The van der Waals surface area contributed by atoms with Crippen molar-refractivity contribution in [2.24, 2.45) is 0 Å². The molecule has 7 heteroatoms. The number of benzene rings is 1. The molecule has 0 fully saturated rings. The first-order valence-electron chi connectivity index (χ1n) is 6.27. The van der Waals surface area contributed by atoms with Crippen LogP contribution in [0.3, 0.4) is 0 Å². The summed E-state index contributed by atoms with van der Waals surface area (Å²) in [5, 5.41) is 10.5. The highest BCUT2D eigenvalue weighted by atomic mass is 19.4. The molecule has 4 nitrogen and oxygen atoms in total. The van der Waals surface area contributed by atoms with E-state index >= 15 is 0 Å². The molecule has 0 saturated heterocycles. The molecule has 0 aliphatic carbocycles. The van der Waals surface area contributed by atoms with E-state index in [1.165, 1.54) is 12.1 Å². The Bertz CT molecular complexity index is 523. The number of rotatable bonds is 6. The molecule has 0 aliphatic heterocycles. The van der Waals surface area contributed by atoms with Crippen molar-refractivity contribution in [3.63, 3.8) is 0 Å². The second-order valence-corrected chi connectivity index (χ2v) is 4.35. The molecule has 1 heterocycles. The minimum Gasteiger partial charge on any atom is -0.313 e. The zero-order valence-corrected chi connectivity index (χ0v) is 10.8. The highest BCUT2D eigenvalue weighted by Crippen LogP contribution is 2.31. The van der Waals surface area contributed by atoms with Crippen LogP contribution in [0.25, 0.3) is 0 Å². The van der Waals surface area contributed by atoms with Crippen molar-refractivity contribution in [2.45, 2.75) is 25.7 Å². The molecular weight excluding hydrogens is 269 g/mol. The lowest BCUT2D eigenvalue weighted by Gasteiger charge is -2.13. The Balaban J connectivity index is 1.79. The molecule has 0 atom stereocenters. The smallest absolute Gasteiger partial charge is 0.313 e. The summed E-state index contributed by atoms with van der Waals surface area (Å²) in [4.78, 5) is 0. The SMILES string of the molecule is FC(F)(F)c1ccccc1CNCCCn1ccnn1. The van der Waals surface area contributed by atoms with Gasteiger partial charge >= 0.3 is 6.18 Å². The number of aryl methyl sites for hydroxylation is 1. The lowest BCUT2D eigenvalue weighted by molar-refractivity contribution is -0.138. The highest BCUT2D eigenvalue weighted by molar-refractivity contribution is 5.29. The van der Waals surface area contributed by atoms with Gasteiger partial charge < -0.3 is 5.32 Å². The Morgan fingerprint density at radius 2 is 2.00 bits per heavy atom. The lowest BCUT2D eigenvalue weighted by atomic mass is 10.1. The predicted molar refractivity (Wildman–Crippen MR) is 67.8 cm³/mol. The summed E-state index contributed by atoms with van der Waals surface area (Å²) in [5.74, 6) is 0. The molecule has 1 N–H and O–H groups in total. The first kappa shape index (κ1) is 14.5. The van der Waals surface area contributed by atoms with Gasteiger partial charge in [-0.2, -0.15) is 13.2 Å². The summed E-state index contributed by atoms with van der Waals surface area (Å²) >= 11 is 0. The average Bonchev–Trinajstić information content (AvgIpc) is 2.91. The number of hydrogen-bond donors (Lipinski definition) is 1. The maximum Gasteiger partial charge on any atom is 0.416 e. The van der Waals surface area contributed by atoms with E-state index in [1.807, 2.05) is 0 Å². The van der Waals surface area contributed by atoms with Gasteiger partial charge in [-0.25, -0.2) is 0 Å². The zero-order valence-electron chi connectivity index (χ0n) is 10.8. The molecule has 1 aromatic heterocycles. The van der Waals surface area contributed by atoms with Crippen molar-refractivity contribution in [1.82, 2.24) is 20.3 Å². The van der Waals surface area contributed by atoms with Crippen LogP contribution in [0.1, 0.15) is 17.5 Å². The molecule has 108 valence electrons. The fraction of sp³-hybridized carbons (Fsp3) is 0.385. The van der Waals surface area contributed by atoms with Crippen LogP contribution in [0.4, 0.5) is 13.2 Å². The maximum atomic E-state index is 12.8. The van der Waals surface area contributed by atoms with E-state index in [-0.39, 0.29) is 12.1 Å². The van der Waals surface area contributed by atoms with Crippen LogP contribution in [0, 0.1) is 0 Å². The fourth-order valence-electron chi connectivity index (χ4n) is 1.89. The molecule has 1 aromatic carbocycles. The van der Waals surface area contributed by atoms with Gasteiger partial charge in [-0.1, -0.05) is 23.4 Å². The summed E-state index contributed by atoms with van der Waals surface area (Å²) in [6, 6.07) is 5.61. The Hall–Kier alpha value is -1.89. The molecule has 0 amide bonds. The van der Waals surface area contributed by atoms with Crippen molar-refractivity contribution >= 4 is 0 Å². The topological polar surface area (TPSA) is 42.7 Å². The van der Waals surface area contributed by atoms with E-state index in [9.17, 15) is 13.2 Å². The number of halogens is 3. The summed E-state index contributed by atoms with van der Waals surface area (Å²) in [6.45, 7) is 1.51. The minimum atomic E-state index is -4.31. The third-order valence-electron chi connectivity index (χ3n) is 2.85. The van der Waals surface area contributed by atoms with Crippen LogP contribution in [-0.2, 0) is 19.3 Å². The molecule has 2 rings (SSSR count).